The van der Waals surface area contributed by atoms with Crippen molar-refractivity contribution in [3.63, 3.8) is 0 Å². The Balaban J connectivity index is 1.23. The van der Waals surface area contributed by atoms with E-state index in [4.69, 9.17) is 0 Å². The van der Waals surface area contributed by atoms with Crippen LogP contribution in [-0.4, -0.2) is 4.57 Å². The predicted octanol–water partition coefficient (Wildman–Crippen LogP) is 14.4. The van der Waals surface area contributed by atoms with E-state index in [0.717, 1.165) is 49.0 Å². The van der Waals surface area contributed by atoms with Crippen molar-refractivity contribution in [3.8, 4) is 27.9 Å². The summed E-state index contributed by atoms with van der Waals surface area (Å²) in [5.74, 6) is 0. The highest BCUT2D eigenvalue weighted by atomic mass is 31.2. The number of hydrogen-bond donors (Lipinski definition) is 0. The van der Waals surface area contributed by atoms with Gasteiger partial charge in [-0.2, -0.15) is 0 Å². The third-order valence-corrected chi connectivity index (χ3v) is 15.7. The fourth-order valence-corrected chi connectivity index (χ4v) is 12.7. The Labute approximate surface area is 354 Å². The van der Waals surface area contributed by atoms with E-state index < -0.39 is 7.14 Å². The van der Waals surface area contributed by atoms with Crippen LogP contribution in [0.2, 0.25) is 0 Å². The normalized spacial score (nSPS) is 12.0. The molecule has 3 heteroatoms. The third kappa shape index (κ3) is 5.39. The number of aromatic nitrogens is 1. The summed E-state index contributed by atoms with van der Waals surface area (Å²) in [6, 6.07) is 81.6. The molecule has 286 valence electrons. The van der Waals surface area contributed by atoms with Gasteiger partial charge in [-0.05, 0) is 108 Å². The zero-order chi connectivity index (χ0) is 40.5. The Hall–Kier alpha value is -7.51. The van der Waals surface area contributed by atoms with Crippen LogP contribution >= 0.6 is 7.14 Å². The molecule has 61 heavy (non-hydrogen) atoms. The first-order valence-electron chi connectivity index (χ1n) is 20.9. The maximum atomic E-state index is 15.8. The minimum absolute atomic E-state index is 0.815. The zero-order valence-corrected chi connectivity index (χ0v) is 34.1. The van der Waals surface area contributed by atoms with E-state index in [1.807, 2.05) is 60.7 Å². The number of nitrogens with zero attached hydrogens (tertiary/aromatic N) is 1. The highest BCUT2D eigenvalue weighted by Crippen LogP contribution is 2.50. The first-order valence-corrected chi connectivity index (χ1v) is 22.6. The van der Waals surface area contributed by atoms with Gasteiger partial charge in [-0.25, -0.2) is 0 Å². The lowest BCUT2D eigenvalue weighted by Crippen LogP contribution is -2.24. The van der Waals surface area contributed by atoms with Gasteiger partial charge in [-0.1, -0.05) is 188 Å². The predicted molar refractivity (Wildman–Crippen MR) is 261 cm³/mol. The maximum absolute atomic E-state index is 15.8. The van der Waals surface area contributed by atoms with Crippen molar-refractivity contribution in [2.45, 2.75) is 0 Å². The van der Waals surface area contributed by atoms with Crippen molar-refractivity contribution in [1.29, 1.82) is 0 Å². The standard InChI is InChI=1S/C58H38NOP/c60-61(42-23-9-3-10-24-42,43-25-11-4-12-26-43)44-34-36-54-52(38-44)51-37-40(33-35-53(51)59(54)41-21-7-2-8-22-41)56-50-32-18-17-31-49(50)55(39-19-5-1-6-20-39)57-47-29-15-13-27-45(47)46-28-14-16-30-48(46)58(56)57/h1-38H. The molecule has 0 saturated carbocycles. The average Bonchev–Trinajstić information content (AvgIpc) is 3.67. The average molecular weight is 796 g/mol. The highest BCUT2D eigenvalue weighted by Gasteiger charge is 2.31. The van der Waals surface area contributed by atoms with Crippen LogP contribution in [0, 0.1) is 0 Å². The third-order valence-electron chi connectivity index (χ3n) is 12.6. The molecule has 0 bridgehead atoms. The van der Waals surface area contributed by atoms with E-state index in [-0.39, 0.29) is 0 Å². The van der Waals surface area contributed by atoms with E-state index in [1.54, 1.807) is 0 Å². The fourth-order valence-electron chi connectivity index (χ4n) is 9.99. The molecular weight excluding hydrogens is 758 g/mol. The van der Waals surface area contributed by atoms with Gasteiger partial charge in [0.05, 0.1) is 11.0 Å². The van der Waals surface area contributed by atoms with Crippen molar-refractivity contribution in [1.82, 2.24) is 4.57 Å². The van der Waals surface area contributed by atoms with Crippen LogP contribution in [0.25, 0.3) is 92.8 Å². The minimum Gasteiger partial charge on any atom is -0.309 e. The van der Waals surface area contributed by atoms with Gasteiger partial charge in [-0.3, -0.25) is 0 Å². The molecule has 12 rings (SSSR count). The topological polar surface area (TPSA) is 22.0 Å². The second-order valence-corrected chi connectivity index (χ2v) is 18.7. The molecule has 0 aliphatic heterocycles. The zero-order valence-electron chi connectivity index (χ0n) is 33.2. The molecule has 0 radical (unpaired) electrons. The van der Waals surface area contributed by atoms with E-state index in [2.05, 4.69) is 174 Å². The second kappa shape index (κ2) is 14.1. The Morgan fingerprint density at radius 1 is 0.295 bits per heavy atom. The van der Waals surface area contributed by atoms with Crippen LogP contribution in [-0.2, 0) is 4.57 Å². The molecule has 11 aromatic carbocycles. The lowest BCUT2D eigenvalue weighted by atomic mass is 9.81. The summed E-state index contributed by atoms with van der Waals surface area (Å²) in [4.78, 5) is 0. The molecule has 0 unspecified atom stereocenters. The molecule has 0 fully saturated rings. The van der Waals surface area contributed by atoms with Gasteiger partial charge >= 0.3 is 0 Å². The molecular formula is C58H38NOP. The first-order chi connectivity index (χ1) is 30.2. The Bertz CT molecular complexity index is 3660. The molecule has 0 aliphatic rings. The largest absolute Gasteiger partial charge is 0.309 e. The second-order valence-electron chi connectivity index (χ2n) is 15.9. The van der Waals surface area contributed by atoms with Crippen LogP contribution in [0.3, 0.4) is 0 Å². The summed E-state index contributed by atoms with van der Waals surface area (Å²) in [6.07, 6.45) is 0. The number of benzene rings is 11. The number of hydrogen-bond acceptors (Lipinski definition) is 1. The van der Waals surface area contributed by atoms with Gasteiger partial charge in [0.1, 0.15) is 0 Å². The molecule has 0 saturated heterocycles. The molecule has 0 spiro atoms. The van der Waals surface area contributed by atoms with Gasteiger partial charge in [0, 0.05) is 32.4 Å². The molecule has 12 aromatic rings. The minimum atomic E-state index is -3.25. The van der Waals surface area contributed by atoms with Crippen LogP contribution in [0.1, 0.15) is 0 Å². The number of para-hydroxylation sites is 1. The lowest BCUT2D eigenvalue weighted by Gasteiger charge is -2.21. The molecule has 0 N–H and O–H groups in total. The van der Waals surface area contributed by atoms with Crippen molar-refractivity contribution in [2.75, 3.05) is 0 Å². The Morgan fingerprint density at radius 2 is 0.705 bits per heavy atom. The van der Waals surface area contributed by atoms with Gasteiger partial charge in [0.15, 0.2) is 7.14 Å². The number of rotatable bonds is 6. The monoisotopic (exact) mass is 795 g/mol. The van der Waals surface area contributed by atoms with E-state index in [0.29, 0.717) is 0 Å². The molecule has 0 amide bonds. The van der Waals surface area contributed by atoms with E-state index >= 15 is 4.57 Å². The van der Waals surface area contributed by atoms with Crippen molar-refractivity contribution in [2.24, 2.45) is 0 Å². The summed E-state index contributed by atoms with van der Waals surface area (Å²) in [5, 5.41) is 14.5. The van der Waals surface area contributed by atoms with Crippen LogP contribution < -0.4 is 15.9 Å². The van der Waals surface area contributed by atoms with E-state index in [1.165, 1.54) is 59.8 Å². The quantitative estimate of drug-likeness (QED) is 0.0933. The van der Waals surface area contributed by atoms with Crippen LogP contribution in [0.4, 0.5) is 0 Å². The maximum Gasteiger partial charge on any atom is 0.171 e. The van der Waals surface area contributed by atoms with Gasteiger partial charge in [0.2, 0.25) is 0 Å². The van der Waals surface area contributed by atoms with Crippen molar-refractivity contribution >= 4 is 88.0 Å². The number of fused-ring (bicyclic) bond motifs is 10. The molecule has 2 nitrogen and oxygen atoms in total. The molecule has 0 aliphatic carbocycles. The SMILES string of the molecule is O=P(c1ccccc1)(c1ccccc1)c1ccc2c(c1)c1cc(-c3c4ccccc4c(-c4ccccc4)c4c5ccccc5c5ccccc5c34)ccc1n2-c1ccccc1. The van der Waals surface area contributed by atoms with Gasteiger partial charge in [-0.15, -0.1) is 0 Å². The molecule has 1 aromatic heterocycles. The Morgan fingerprint density at radius 3 is 1.25 bits per heavy atom. The highest BCUT2D eigenvalue weighted by molar-refractivity contribution is 7.85. The van der Waals surface area contributed by atoms with Crippen molar-refractivity contribution in [3.05, 3.63) is 231 Å². The Kier molecular flexibility index (Phi) is 8.17. The summed E-state index contributed by atoms with van der Waals surface area (Å²) >= 11 is 0. The summed E-state index contributed by atoms with van der Waals surface area (Å²) in [5.41, 5.74) is 8.05. The fraction of sp³-hybridized carbons (Fsp3) is 0. The van der Waals surface area contributed by atoms with Gasteiger partial charge < -0.3 is 9.13 Å². The lowest BCUT2D eigenvalue weighted by molar-refractivity contribution is 0.592. The summed E-state index contributed by atoms with van der Waals surface area (Å²) in [6.45, 7) is 0. The van der Waals surface area contributed by atoms with Gasteiger partial charge in [0.25, 0.3) is 0 Å². The van der Waals surface area contributed by atoms with Crippen LogP contribution in [0.15, 0.2) is 231 Å². The van der Waals surface area contributed by atoms with E-state index in [9.17, 15) is 0 Å². The molecule has 1 heterocycles. The molecule has 0 atom stereocenters. The summed E-state index contributed by atoms with van der Waals surface area (Å²) in [7, 11) is -3.25. The first kappa shape index (κ1) is 35.4. The smallest absolute Gasteiger partial charge is 0.171 e. The summed E-state index contributed by atoms with van der Waals surface area (Å²) < 4.78 is 18.2. The van der Waals surface area contributed by atoms with Crippen molar-refractivity contribution < 1.29 is 4.57 Å². The van der Waals surface area contributed by atoms with Crippen LogP contribution in [0.5, 0.6) is 0 Å².